The normalized spacial score (nSPS) is 11.7. The smallest absolute Gasteiger partial charge is 0.287 e. The quantitative estimate of drug-likeness (QED) is 0.889. The van der Waals surface area contributed by atoms with Crippen LogP contribution in [0.15, 0.2) is 51.9 Å². The molecular formula is C17H19NO4. The third-order valence-corrected chi connectivity index (χ3v) is 3.33. The number of methoxy groups -OCH3 is 1. The summed E-state index contributed by atoms with van der Waals surface area (Å²) in [4.78, 5) is 23.6. The monoisotopic (exact) mass is 301 g/mol. The Labute approximate surface area is 128 Å². The topological polar surface area (TPSA) is 68.5 Å². The number of hydrogen-bond donors (Lipinski definition) is 1. The van der Waals surface area contributed by atoms with Crippen molar-refractivity contribution in [2.45, 2.75) is 25.8 Å². The Morgan fingerprint density at radius 1 is 1.32 bits per heavy atom. The van der Waals surface area contributed by atoms with E-state index in [1.165, 1.54) is 12.7 Å². The molecular weight excluding hydrogens is 282 g/mol. The zero-order chi connectivity index (χ0) is 15.9. The molecule has 22 heavy (non-hydrogen) atoms. The van der Waals surface area contributed by atoms with E-state index in [0.29, 0.717) is 0 Å². The fourth-order valence-electron chi connectivity index (χ4n) is 2.06. The van der Waals surface area contributed by atoms with Crippen LogP contribution < -0.4 is 15.5 Å². The van der Waals surface area contributed by atoms with Crippen LogP contribution in [0, 0.1) is 0 Å². The van der Waals surface area contributed by atoms with Gasteiger partial charge in [0, 0.05) is 12.1 Å². The Morgan fingerprint density at radius 3 is 2.68 bits per heavy atom. The molecule has 1 aromatic carbocycles. The molecule has 0 saturated heterocycles. The van der Waals surface area contributed by atoms with Gasteiger partial charge in [-0.2, -0.15) is 0 Å². The maximum absolute atomic E-state index is 12.0. The second-order valence-corrected chi connectivity index (χ2v) is 5.08. The number of aryl methyl sites for hydroxylation is 1. The standard InChI is InChI=1S/C17H19NO4/c1-12(8-9-13-6-4-3-5-7-13)18-17(20)15-10-14(19)16(21-2)11-22-15/h3-7,10-12H,8-9H2,1-2H3,(H,18,20)/t12-/m1/s1. The summed E-state index contributed by atoms with van der Waals surface area (Å²) < 4.78 is 9.93. The molecule has 0 spiro atoms. The second kappa shape index (κ2) is 7.45. The zero-order valence-corrected chi connectivity index (χ0v) is 12.7. The molecule has 0 aliphatic carbocycles. The Morgan fingerprint density at radius 2 is 2.05 bits per heavy atom. The molecule has 116 valence electrons. The van der Waals surface area contributed by atoms with Gasteiger partial charge in [0.1, 0.15) is 6.26 Å². The van der Waals surface area contributed by atoms with E-state index >= 15 is 0 Å². The van der Waals surface area contributed by atoms with E-state index in [1.54, 1.807) is 0 Å². The first-order valence-corrected chi connectivity index (χ1v) is 7.11. The summed E-state index contributed by atoms with van der Waals surface area (Å²) in [5.74, 6) is -0.341. The van der Waals surface area contributed by atoms with E-state index in [2.05, 4.69) is 17.4 Å². The lowest BCUT2D eigenvalue weighted by molar-refractivity contribution is 0.0907. The SMILES string of the molecule is COc1coc(C(=O)N[C@H](C)CCc2ccccc2)cc1=O. The van der Waals surface area contributed by atoms with Crippen LogP contribution in [0.5, 0.6) is 5.75 Å². The molecule has 1 aromatic heterocycles. The van der Waals surface area contributed by atoms with Crippen molar-refractivity contribution in [2.24, 2.45) is 0 Å². The predicted molar refractivity (Wildman–Crippen MR) is 83.2 cm³/mol. The number of benzene rings is 1. The zero-order valence-electron chi connectivity index (χ0n) is 12.7. The highest BCUT2D eigenvalue weighted by atomic mass is 16.5. The summed E-state index contributed by atoms with van der Waals surface area (Å²) in [5.41, 5.74) is 0.843. The van der Waals surface area contributed by atoms with Crippen molar-refractivity contribution in [1.82, 2.24) is 5.32 Å². The molecule has 0 radical (unpaired) electrons. The summed E-state index contributed by atoms with van der Waals surface area (Å²) in [5, 5.41) is 2.82. The van der Waals surface area contributed by atoms with Crippen LogP contribution in [0.25, 0.3) is 0 Å². The lowest BCUT2D eigenvalue weighted by Gasteiger charge is -2.13. The number of carbonyl (C=O) groups is 1. The summed E-state index contributed by atoms with van der Waals surface area (Å²) in [6, 6.07) is 11.2. The van der Waals surface area contributed by atoms with Crippen LogP contribution >= 0.6 is 0 Å². The highest BCUT2D eigenvalue weighted by molar-refractivity contribution is 5.91. The average Bonchev–Trinajstić information content (AvgIpc) is 2.53. The van der Waals surface area contributed by atoms with E-state index in [-0.39, 0.29) is 23.0 Å². The van der Waals surface area contributed by atoms with E-state index in [0.717, 1.165) is 25.2 Å². The first-order chi connectivity index (χ1) is 10.6. The molecule has 0 bridgehead atoms. The number of carbonyl (C=O) groups excluding carboxylic acids is 1. The van der Waals surface area contributed by atoms with Crippen LogP contribution in [-0.4, -0.2) is 19.1 Å². The second-order valence-electron chi connectivity index (χ2n) is 5.08. The molecule has 0 unspecified atom stereocenters. The molecule has 5 nitrogen and oxygen atoms in total. The number of hydrogen-bond acceptors (Lipinski definition) is 4. The number of rotatable bonds is 6. The van der Waals surface area contributed by atoms with Crippen molar-refractivity contribution in [1.29, 1.82) is 0 Å². The molecule has 1 atom stereocenters. The average molecular weight is 301 g/mol. The number of amides is 1. The van der Waals surface area contributed by atoms with Crippen LogP contribution in [0.4, 0.5) is 0 Å². The Balaban J connectivity index is 1.91. The molecule has 5 heteroatoms. The van der Waals surface area contributed by atoms with Crippen LogP contribution in [-0.2, 0) is 6.42 Å². The molecule has 1 amide bonds. The highest BCUT2D eigenvalue weighted by Gasteiger charge is 2.14. The van der Waals surface area contributed by atoms with Gasteiger partial charge in [-0.25, -0.2) is 0 Å². The van der Waals surface area contributed by atoms with E-state index in [9.17, 15) is 9.59 Å². The van der Waals surface area contributed by atoms with Crippen molar-refractivity contribution in [2.75, 3.05) is 7.11 Å². The summed E-state index contributed by atoms with van der Waals surface area (Å²) in [7, 11) is 1.37. The molecule has 0 fully saturated rings. The lowest BCUT2D eigenvalue weighted by atomic mass is 10.1. The van der Waals surface area contributed by atoms with Gasteiger partial charge in [0.05, 0.1) is 7.11 Å². The van der Waals surface area contributed by atoms with Gasteiger partial charge in [-0.1, -0.05) is 30.3 Å². The maximum Gasteiger partial charge on any atom is 0.287 e. The minimum absolute atomic E-state index is 0.0163. The summed E-state index contributed by atoms with van der Waals surface area (Å²) >= 11 is 0. The minimum Gasteiger partial charge on any atom is -0.490 e. The molecule has 2 rings (SSSR count). The van der Waals surface area contributed by atoms with E-state index in [4.69, 9.17) is 9.15 Å². The van der Waals surface area contributed by atoms with Crippen molar-refractivity contribution in [3.63, 3.8) is 0 Å². The largest absolute Gasteiger partial charge is 0.490 e. The Hall–Kier alpha value is -2.56. The Bertz CT molecular complexity index is 679. The van der Waals surface area contributed by atoms with Crippen LogP contribution in [0.3, 0.4) is 0 Å². The van der Waals surface area contributed by atoms with Crippen LogP contribution in [0.2, 0.25) is 0 Å². The van der Waals surface area contributed by atoms with E-state index in [1.807, 2.05) is 25.1 Å². The van der Waals surface area contributed by atoms with Gasteiger partial charge in [0.15, 0.2) is 5.76 Å². The fraction of sp³-hybridized carbons (Fsp3) is 0.294. The van der Waals surface area contributed by atoms with Gasteiger partial charge < -0.3 is 14.5 Å². The third-order valence-electron chi connectivity index (χ3n) is 3.33. The molecule has 1 heterocycles. The van der Waals surface area contributed by atoms with Crippen molar-refractivity contribution >= 4 is 5.91 Å². The summed E-state index contributed by atoms with van der Waals surface area (Å²) in [6.07, 6.45) is 2.82. The van der Waals surface area contributed by atoms with Gasteiger partial charge >= 0.3 is 0 Å². The molecule has 0 aliphatic rings. The molecule has 0 aliphatic heterocycles. The van der Waals surface area contributed by atoms with Crippen molar-refractivity contribution in [3.8, 4) is 5.75 Å². The van der Waals surface area contributed by atoms with Crippen molar-refractivity contribution in [3.05, 3.63) is 64.2 Å². The lowest BCUT2D eigenvalue weighted by Crippen LogP contribution is -2.33. The highest BCUT2D eigenvalue weighted by Crippen LogP contribution is 2.07. The van der Waals surface area contributed by atoms with E-state index < -0.39 is 5.91 Å². The molecule has 0 saturated carbocycles. The van der Waals surface area contributed by atoms with Gasteiger partial charge in [-0.15, -0.1) is 0 Å². The Kier molecular flexibility index (Phi) is 5.36. The number of nitrogens with one attached hydrogen (secondary N) is 1. The first-order valence-electron chi connectivity index (χ1n) is 7.11. The first kappa shape index (κ1) is 15.8. The minimum atomic E-state index is -0.402. The van der Waals surface area contributed by atoms with Crippen molar-refractivity contribution < 1.29 is 13.9 Å². The molecule has 2 aromatic rings. The fourth-order valence-corrected chi connectivity index (χ4v) is 2.06. The van der Waals surface area contributed by atoms with Crippen LogP contribution in [0.1, 0.15) is 29.5 Å². The van der Waals surface area contributed by atoms with Gasteiger partial charge in [0.2, 0.25) is 11.2 Å². The number of ether oxygens (including phenoxy) is 1. The van der Waals surface area contributed by atoms with Gasteiger partial charge in [0.25, 0.3) is 5.91 Å². The maximum atomic E-state index is 12.0. The molecule has 1 N–H and O–H groups in total. The predicted octanol–water partition coefficient (Wildman–Crippen LogP) is 2.40. The third kappa shape index (κ3) is 4.22. The summed E-state index contributed by atoms with van der Waals surface area (Å²) in [6.45, 7) is 1.92. The van der Waals surface area contributed by atoms with Gasteiger partial charge in [-0.05, 0) is 25.3 Å². The van der Waals surface area contributed by atoms with Gasteiger partial charge in [-0.3, -0.25) is 9.59 Å².